The van der Waals surface area contributed by atoms with Crippen molar-refractivity contribution in [2.24, 2.45) is 0 Å². The van der Waals surface area contributed by atoms with E-state index in [0.717, 1.165) is 49.8 Å². The molecule has 2 heterocycles. The lowest BCUT2D eigenvalue weighted by atomic mass is 10.1. The Morgan fingerprint density at radius 1 is 0.875 bits per heavy atom. The van der Waals surface area contributed by atoms with Crippen LogP contribution in [0.1, 0.15) is 5.56 Å². The van der Waals surface area contributed by atoms with Gasteiger partial charge in [0.05, 0.1) is 5.69 Å². The number of fused-ring (bicyclic) bond motifs is 1. The second-order valence-corrected chi connectivity index (χ2v) is 6.16. The highest BCUT2D eigenvalue weighted by Crippen LogP contribution is 2.34. The zero-order valence-corrected chi connectivity index (χ0v) is 13.6. The number of anilines is 1. The van der Waals surface area contributed by atoms with Gasteiger partial charge in [0.1, 0.15) is 19.0 Å². The molecule has 2 aliphatic rings. The van der Waals surface area contributed by atoms with Gasteiger partial charge in [0, 0.05) is 38.3 Å². The SMILES string of the molecule is Fc1ccccc1N1CCN(Cc2cccc3c2OCCO3)CC1. The van der Waals surface area contributed by atoms with Crippen molar-refractivity contribution in [1.82, 2.24) is 4.90 Å². The topological polar surface area (TPSA) is 24.9 Å². The summed E-state index contributed by atoms with van der Waals surface area (Å²) in [6, 6.07) is 13.1. The van der Waals surface area contributed by atoms with Crippen molar-refractivity contribution in [3.05, 3.63) is 53.8 Å². The Bertz CT molecular complexity index is 714. The van der Waals surface area contributed by atoms with Crippen LogP contribution in [0.4, 0.5) is 10.1 Å². The van der Waals surface area contributed by atoms with Gasteiger partial charge < -0.3 is 14.4 Å². The van der Waals surface area contributed by atoms with Crippen molar-refractivity contribution in [3.8, 4) is 11.5 Å². The van der Waals surface area contributed by atoms with Crippen LogP contribution in [-0.2, 0) is 6.54 Å². The third kappa shape index (κ3) is 3.04. The largest absolute Gasteiger partial charge is 0.486 e. The average Bonchev–Trinajstić information content (AvgIpc) is 2.63. The number of para-hydroxylation sites is 2. The van der Waals surface area contributed by atoms with E-state index in [4.69, 9.17) is 9.47 Å². The lowest BCUT2D eigenvalue weighted by molar-refractivity contribution is 0.166. The molecule has 4 rings (SSSR count). The number of hydrogen-bond donors (Lipinski definition) is 0. The van der Waals surface area contributed by atoms with Crippen molar-refractivity contribution < 1.29 is 13.9 Å². The molecule has 0 unspecified atom stereocenters. The Hall–Kier alpha value is -2.27. The maximum absolute atomic E-state index is 13.9. The lowest BCUT2D eigenvalue weighted by Crippen LogP contribution is -2.46. The second kappa shape index (κ2) is 6.69. The minimum Gasteiger partial charge on any atom is -0.486 e. The molecule has 0 aromatic heterocycles. The van der Waals surface area contributed by atoms with E-state index in [1.165, 1.54) is 6.07 Å². The van der Waals surface area contributed by atoms with Crippen LogP contribution in [0.25, 0.3) is 0 Å². The molecule has 0 atom stereocenters. The third-order valence-electron chi connectivity index (χ3n) is 4.61. The Morgan fingerprint density at radius 3 is 2.50 bits per heavy atom. The van der Waals surface area contributed by atoms with Gasteiger partial charge in [-0.2, -0.15) is 0 Å². The fraction of sp³-hybridized carbons (Fsp3) is 0.368. The minimum atomic E-state index is -0.145. The molecule has 2 aromatic rings. The monoisotopic (exact) mass is 328 g/mol. The van der Waals surface area contributed by atoms with Crippen LogP contribution in [0, 0.1) is 5.82 Å². The number of hydrogen-bond acceptors (Lipinski definition) is 4. The van der Waals surface area contributed by atoms with Gasteiger partial charge in [-0.3, -0.25) is 4.90 Å². The first-order valence-corrected chi connectivity index (χ1v) is 8.40. The van der Waals surface area contributed by atoms with Crippen molar-refractivity contribution in [2.45, 2.75) is 6.54 Å². The molecule has 0 aliphatic carbocycles. The highest BCUT2D eigenvalue weighted by atomic mass is 19.1. The van der Waals surface area contributed by atoms with Gasteiger partial charge in [0.15, 0.2) is 11.5 Å². The molecular formula is C19H21FN2O2. The first kappa shape index (κ1) is 15.3. The van der Waals surface area contributed by atoms with Crippen LogP contribution in [0.15, 0.2) is 42.5 Å². The van der Waals surface area contributed by atoms with E-state index in [1.54, 1.807) is 6.07 Å². The van der Waals surface area contributed by atoms with Gasteiger partial charge in [-0.25, -0.2) is 4.39 Å². The minimum absolute atomic E-state index is 0.145. The number of halogens is 1. The summed E-state index contributed by atoms with van der Waals surface area (Å²) in [4.78, 5) is 4.50. The van der Waals surface area contributed by atoms with Gasteiger partial charge in [0.25, 0.3) is 0 Å². The van der Waals surface area contributed by atoms with E-state index in [2.05, 4.69) is 15.9 Å². The average molecular weight is 328 g/mol. The predicted octanol–water partition coefficient (Wildman–Crippen LogP) is 2.92. The van der Waals surface area contributed by atoms with Gasteiger partial charge in [-0.1, -0.05) is 24.3 Å². The molecule has 2 aliphatic heterocycles. The normalized spacial score (nSPS) is 17.8. The maximum atomic E-state index is 13.9. The number of benzene rings is 2. The van der Waals surface area contributed by atoms with E-state index in [9.17, 15) is 4.39 Å². The van der Waals surface area contributed by atoms with Crippen molar-refractivity contribution in [1.29, 1.82) is 0 Å². The van der Waals surface area contributed by atoms with Gasteiger partial charge in [-0.15, -0.1) is 0 Å². The second-order valence-electron chi connectivity index (χ2n) is 6.16. The van der Waals surface area contributed by atoms with E-state index in [1.807, 2.05) is 24.3 Å². The molecule has 5 heteroatoms. The smallest absolute Gasteiger partial charge is 0.165 e. The highest BCUT2D eigenvalue weighted by molar-refractivity contribution is 5.49. The molecule has 0 bridgehead atoms. The molecule has 0 radical (unpaired) electrons. The molecule has 1 fully saturated rings. The van der Waals surface area contributed by atoms with Crippen LogP contribution in [0.2, 0.25) is 0 Å². The molecule has 24 heavy (non-hydrogen) atoms. The molecule has 0 N–H and O–H groups in total. The summed E-state index contributed by atoms with van der Waals surface area (Å²) in [5.74, 6) is 1.57. The molecule has 126 valence electrons. The zero-order chi connectivity index (χ0) is 16.4. The first-order valence-electron chi connectivity index (χ1n) is 8.40. The molecular weight excluding hydrogens is 307 g/mol. The Kier molecular flexibility index (Phi) is 4.26. The molecule has 0 saturated carbocycles. The first-order chi connectivity index (χ1) is 11.8. The van der Waals surface area contributed by atoms with E-state index in [-0.39, 0.29) is 5.82 Å². The van der Waals surface area contributed by atoms with Gasteiger partial charge in [-0.05, 0) is 18.2 Å². The van der Waals surface area contributed by atoms with E-state index < -0.39 is 0 Å². The quantitative estimate of drug-likeness (QED) is 0.865. The molecule has 2 aromatic carbocycles. The van der Waals surface area contributed by atoms with Gasteiger partial charge >= 0.3 is 0 Å². The lowest BCUT2D eigenvalue weighted by Gasteiger charge is -2.36. The third-order valence-corrected chi connectivity index (χ3v) is 4.61. The maximum Gasteiger partial charge on any atom is 0.165 e. The van der Waals surface area contributed by atoms with Crippen LogP contribution >= 0.6 is 0 Å². The van der Waals surface area contributed by atoms with Crippen LogP contribution < -0.4 is 14.4 Å². The van der Waals surface area contributed by atoms with Crippen LogP contribution in [0.3, 0.4) is 0 Å². The van der Waals surface area contributed by atoms with Gasteiger partial charge in [0.2, 0.25) is 0 Å². The Labute approximate surface area is 141 Å². The molecule has 1 saturated heterocycles. The fourth-order valence-electron chi connectivity index (χ4n) is 3.35. The number of rotatable bonds is 3. The Morgan fingerprint density at radius 2 is 1.67 bits per heavy atom. The van der Waals surface area contributed by atoms with Crippen molar-refractivity contribution in [3.63, 3.8) is 0 Å². The van der Waals surface area contributed by atoms with Crippen molar-refractivity contribution >= 4 is 5.69 Å². The summed E-state index contributed by atoms with van der Waals surface area (Å²) in [5, 5.41) is 0. The van der Waals surface area contributed by atoms with Crippen LogP contribution in [0.5, 0.6) is 11.5 Å². The summed E-state index contributed by atoms with van der Waals surface area (Å²) >= 11 is 0. The number of piperazine rings is 1. The predicted molar refractivity (Wildman–Crippen MR) is 91.3 cm³/mol. The van der Waals surface area contributed by atoms with E-state index in [0.29, 0.717) is 18.9 Å². The summed E-state index contributed by atoms with van der Waals surface area (Å²) in [7, 11) is 0. The zero-order valence-electron chi connectivity index (χ0n) is 13.6. The summed E-state index contributed by atoms with van der Waals surface area (Å²) in [6.45, 7) is 5.50. The number of ether oxygens (including phenoxy) is 2. The Balaban J connectivity index is 1.41. The summed E-state index contributed by atoms with van der Waals surface area (Å²) < 4.78 is 25.4. The highest BCUT2D eigenvalue weighted by Gasteiger charge is 2.22. The molecule has 4 nitrogen and oxygen atoms in total. The fourth-order valence-corrected chi connectivity index (χ4v) is 3.35. The van der Waals surface area contributed by atoms with E-state index >= 15 is 0 Å². The summed E-state index contributed by atoms with van der Waals surface area (Å²) in [5.41, 5.74) is 1.86. The molecule has 0 spiro atoms. The standard InChI is InChI=1S/C19H21FN2O2/c20-16-5-1-2-6-17(16)22-10-8-21(9-11-22)14-15-4-3-7-18-19(15)24-13-12-23-18/h1-7H,8-14H2. The summed E-state index contributed by atoms with van der Waals surface area (Å²) in [6.07, 6.45) is 0. The van der Waals surface area contributed by atoms with Crippen molar-refractivity contribution in [2.75, 3.05) is 44.3 Å². The van der Waals surface area contributed by atoms with Crippen LogP contribution in [-0.4, -0.2) is 44.3 Å². The number of nitrogens with zero attached hydrogens (tertiary/aromatic N) is 2. The molecule has 0 amide bonds.